The quantitative estimate of drug-likeness (QED) is 0.469. The van der Waals surface area contributed by atoms with E-state index >= 15 is 0 Å². The molecular formula is C28H32ClFN4O2. The molecule has 1 heterocycles. The number of anilines is 2. The summed E-state index contributed by atoms with van der Waals surface area (Å²) in [5.74, 6) is 0.0246. The number of halogens is 2. The summed E-state index contributed by atoms with van der Waals surface area (Å²) in [7, 11) is 5.56. The maximum Gasteiger partial charge on any atom is 0.255 e. The second-order valence-corrected chi connectivity index (χ2v) is 9.49. The lowest BCUT2D eigenvalue weighted by atomic mass is 10.0. The third-order valence-corrected chi connectivity index (χ3v) is 6.84. The molecule has 6 nitrogen and oxygen atoms in total. The summed E-state index contributed by atoms with van der Waals surface area (Å²) in [6, 6.07) is 20.1. The van der Waals surface area contributed by atoms with Crippen LogP contribution in [0, 0.1) is 5.82 Å². The second-order valence-electron chi connectivity index (χ2n) is 9.06. The van der Waals surface area contributed by atoms with Gasteiger partial charge in [-0.05, 0) is 60.2 Å². The summed E-state index contributed by atoms with van der Waals surface area (Å²) >= 11 is 6.14. The number of nitrogens with one attached hydrogen (secondary N) is 1. The molecular weight excluding hydrogens is 479 g/mol. The number of rotatable bonds is 8. The largest absolute Gasteiger partial charge is 0.496 e. The van der Waals surface area contributed by atoms with Crippen molar-refractivity contribution in [1.82, 2.24) is 10.2 Å². The predicted molar refractivity (Wildman–Crippen MR) is 144 cm³/mol. The van der Waals surface area contributed by atoms with Gasteiger partial charge >= 0.3 is 0 Å². The maximum atomic E-state index is 13.4. The highest BCUT2D eigenvalue weighted by atomic mass is 35.5. The summed E-state index contributed by atoms with van der Waals surface area (Å²) in [5.41, 5.74) is 3.68. The molecule has 190 valence electrons. The fraction of sp³-hybridized carbons (Fsp3) is 0.321. The minimum absolute atomic E-state index is 0.00860. The number of methoxy groups -OCH3 is 1. The first-order chi connectivity index (χ1) is 17.4. The summed E-state index contributed by atoms with van der Waals surface area (Å²) in [5, 5.41) is 3.58. The van der Waals surface area contributed by atoms with Gasteiger partial charge in [0.15, 0.2) is 0 Å². The molecule has 1 aliphatic heterocycles. The van der Waals surface area contributed by atoms with Crippen LogP contribution in [0.4, 0.5) is 15.8 Å². The summed E-state index contributed by atoms with van der Waals surface area (Å²) < 4.78 is 18.7. The van der Waals surface area contributed by atoms with Gasteiger partial charge in [-0.25, -0.2) is 4.39 Å². The van der Waals surface area contributed by atoms with Crippen LogP contribution >= 0.6 is 11.6 Å². The van der Waals surface area contributed by atoms with E-state index in [1.165, 1.54) is 19.2 Å². The Morgan fingerprint density at radius 1 is 1.03 bits per heavy atom. The standard InChI is InChI=1S/C28H32ClFN4O2/c1-32(2)23-9-4-20(5-10-23)26(19-31-28(35)25-18-21(29)6-13-27(25)36-3)34-16-14-33(15-17-34)24-11-7-22(30)8-12-24/h4-13,18,26H,14-17,19H2,1-3H3,(H,31,35). The van der Waals surface area contributed by atoms with Crippen molar-refractivity contribution in [3.8, 4) is 5.75 Å². The number of carbonyl (C=O) groups excluding carboxylic acids is 1. The van der Waals surface area contributed by atoms with E-state index in [-0.39, 0.29) is 17.8 Å². The number of hydrogen-bond donors (Lipinski definition) is 1. The van der Waals surface area contributed by atoms with Crippen LogP contribution in [0.3, 0.4) is 0 Å². The minimum atomic E-state index is -0.231. The second kappa shape index (κ2) is 11.6. The molecule has 0 bridgehead atoms. The lowest BCUT2D eigenvalue weighted by Gasteiger charge is -2.40. The number of hydrogen-bond acceptors (Lipinski definition) is 5. The Morgan fingerprint density at radius 3 is 2.31 bits per heavy atom. The van der Waals surface area contributed by atoms with Crippen LogP contribution in [0.25, 0.3) is 0 Å². The van der Waals surface area contributed by atoms with E-state index < -0.39 is 0 Å². The fourth-order valence-corrected chi connectivity index (χ4v) is 4.71. The highest BCUT2D eigenvalue weighted by Crippen LogP contribution is 2.27. The molecule has 0 aliphatic carbocycles. The molecule has 1 fully saturated rings. The molecule has 3 aromatic carbocycles. The molecule has 0 saturated carbocycles. The smallest absolute Gasteiger partial charge is 0.255 e. The molecule has 1 aliphatic rings. The van der Waals surface area contributed by atoms with Gasteiger partial charge in [-0.2, -0.15) is 0 Å². The van der Waals surface area contributed by atoms with Gasteiger partial charge in [0.1, 0.15) is 11.6 Å². The first kappa shape index (κ1) is 25.8. The number of amides is 1. The number of nitrogens with zero attached hydrogens (tertiary/aromatic N) is 3. The Labute approximate surface area is 217 Å². The van der Waals surface area contributed by atoms with Gasteiger partial charge in [0.2, 0.25) is 0 Å². The van der Waals surface area contributed by atoms with E-state index in [4.69, 9.17) is 16.3 Å². The van der Waals surface area contributed by atoms with Crippen LogP contribution in [0.1, 0.15) is 22.0 Å². The first-order valence-electron chi connectivity index (χ1n) is 12.0. The normalized spacial score (nSPS) is 14.9. The van der Waals surface area contributed by atoms with Crippen LogP contribution in [-0.2, 0) is 0 Å². The molecule has 1 saturated heterocycles. The summed E-state index contributed by atoms with van der Waals surface area (Å²) in [6.45, 7) is 3.69. The molecule has 8 heteroatoms. The first-order valence-corrected chi connectivity index (χ1v) is 12.4. The van der Waals surface area contributed by atoms with Crippen molar-refractivity contribution in [1.29, 1.82) is 0 Å². The molecule has 1 unspecified atom stereocenters. The average molecular weight is 511 g/mol. The Balaban J connectivity index is 1.50. The lowest BCUT2D eigenvalue weighted by Crippen LogP contribution is -2.50. The van der Waals surface area contributed by atoms with Crippen LogP contribution in [0.5, 0.6) is 5.75 Å². The molecule has 1 amide bonds. The lowest BCUT2D eigenvalue weighted by molar-refractivity contribution is 0.0927. The van der Waals surface area contributed by atoms with Gasteiger partial charge in [-0.3, -0.25) is 9.69 Å². The molecule has 36 heavy (non-hydrogen) atoms. The average Bonchev–Trinajstić information content (AvgIpc) is 2.90. The van der Waals surface area contributed by atoms with E-state index in [0.29, 0.717) is 22.9 Å². The Kier molecular flexibility index (Phi) is 8.33. The van der Waals surface area contributed by atoms with Crippen molar-refractivity contribution in [2.75, 3.05) is 63.7 Å². The zero-order valence-corrected chi connectivity index (χ0v) is 21.6. The molecule has 1 atom stereocenters. The van der Waals surface area contributed by atoms with Crippen LogP contribution in [-0.4, -0.2) is 64.7 Å². The van der Waals surface area contributed by atoms with E-state index in [2.05, 4.69) is 44.3 Å². The number of piperazine rings is 1. The molecule has 3 aromatic rings. The van der Waals surface area contributed by atoms with Crippen LogP contribution in [0.15, 0.2) is 66.7 Å². The summed E-state index contributed by atoms with van der Waals surface area (Å²) in [6.07, 6.45) is 0. The number of benzene rings is 3. The number of carbonyl (C=O) groups is 1. The zero-order chi connectivity index (χ0) is 25.7. The van der Waals surface area contributed by atoms with Gasteiger partial charge in [0.25, 0.3) is 5.91 Å². The topological polar surface area (TPSA) is 48.1 Å². The van der Waals surface area contributed by atoms with E-state index in [9.17, 15) is 9.18 Å². The Hall–Kier alpha value is -3.29. The van der Waals surface area contributed by atoms with Crippen molar-refractivity contribution >= 4 is 28.9 Å². The molecule has 0 aromatic heterocycles. The minimum Gasteiger partial charge on any atom is -0.496 e. The highest BCUT2D eigenvalue weighted by Gasteiger charge is 2.26. The van der Waals surface area contributed by atoms with E-state index in [1.54, 1.807) is 18.2 Å². The monoisotopic (exact) mass is 510 g/mol. The summed E-state index contributed by atoms with van der Waals surface area (Å²) in [4.78, 5) is 19.8. The Morgan fingerprint density at radius 2 is 1.69 bits per heavy atom. The van der Waals surface area contributed by atoms with Gasteiger partial charge in [-0.1, -0.05) is 23.7 Å². The molecule has 1 N–H and O–H groups in total. The zero-order valence-electron chi connectivity index (χ0n) is 20.9. The maximum absolute atomic E-state index is 13.4. The SMILES string of the molecule is COc1ccc(Cl)cc1C(=O)NCC(c1ccc(N(C)C)cc1)N1CCN(c2ccc(F)cc2)CC1. The third kappa shape index (κ3) is 6.09. The molecule has 4 rings (SSSR count). The van der Waals surface area contributed by atoms with Gasteiger partial charge in [0.05, 0.1) is 18.7 Å². The van der Waals surface area contributed by atoms with Gasteiger partial charge in [-0.15, -0.1) is 0 Å². The molecule has 0 radical (unpaired) electrons. The van der Waals surface area contributed by atoms with Crippen molar-refractivity contribution in [3.63, 3.8) is 0 Å². The van der Waals surface area contributed by atoms with Crippen molar-refractivity contribution in [2.24, 2.45) is 0 Å². The highest BCUT2D eigenvalue weighted by molar-refractivity contribution is 6.31. The number of ether oxygens (including phenoxy) is 1. The van der Waals surface area contributed by atoms with Crippen molar-refractivity contribution in [3.05, 3.63) is 88.7 Å². The van der Waals surface area contributed by atoms with Crippen molar-refractivity contribution in [2.45, 2.75) is 6.04 Å². The van der Waals surface area contributed by atoms with Crippen molar-refractivity contribution < 1.29 is 13.9 Å². The molecule has 0 spiro atoms. The Bertz CT molecular complexity index is 1160. The van der Waals surface area contributed by atoms with Crippen LogP contribution < -0.4 is 19.9 Å². The van der Waals surface area contributed by atoms with Gasteiger partial charge < -0.3 is 19.9 Å². The van der Waals surface area contributed by atoms with E-state index in [0.717, 1.165) is 43.1 Å². The van der Waals surface area contributed by atoms with E-state index in [1.807, 2.05) is 26.2 Å². The third-order valence-electron chi connectivity index (χ3n) is 6.60. The van der Waals surface area contributed by atoms with Crippen LogP contribution in [0.2, 0.25) is 5.02 Å². The predicted octanol–water partition coefficient (Wildman–Crippen LogP) is 4.85. The fourth-order valence-electron chi connectivity index (χ4n) is 4.54. The van der Waals surface area contributed by atoms with Gasteiger partial charge in [0, 0.05) is 63.2 Å².